The Morgan fingerprint density at radius 3 is 3.07 bits per heavy atom. The van der Waals surface area contributed by atoms with Crippen LogP contribution in [0.2, 0.25) is 5.75 Å². The van der Waals surface area contributed by atoms with Crippen molar-refractivity contribution in [1.29, 1.82) is 5.26 Å². The predicted molar refractivity (Wildman–Crippen MR) is 110 cm³/mol. The third-order valence-electron chi connectivity index (χ3n) is 3.44. The summed E-state index contributed by atoms with van der Waals surface area (Å²) in [4.78, 5) is 7.02. The van der Waals surface area contributed by atoms with Crippen molar-refractivity contribution in [3.05, 3.63) is 51.3 Å². The number of likely N-dealkylation sites (tertiary alicyclic amines) is 1. The number of anilines is 1. The average Bonchev–Trinajstić information content (AvgIpc) is 3.18. The predicted octanol–water partition coefficient (Wildman–Crippen LogP) is 4.74. The second kappa shape index (κ2) is 8.00. The Morgan fingerprint density at radius 2 is 2.32 bits per heavy atom. The van der Waals surface area contributed by atoms with Gasteiger partial charge in [-0.2, -0.15) is 5.26 Å². The summed E-state index contributed by atoms with van der Waals surface area (Å²) in [6.07, 6.45) is -7.31. The lowest BCUT2D eigenvalue weighted by Gasteiger charge is -2.32. The molecule has 1 aliphatic rings. The molecule has 0 atom stereocenters. The summed E-state index contributed by atoms with van der Waals surface area (Å²) >= 11 is 6.73. The van der Waals surface area contributed by atoms with Gasteiger partial charge in [0.05, 0.1) is 20.8 Å². The standard InChI is InChI=1S/C20H19ClFN5S/c1-12-6-13(7-14(9-23)18(12)22)10-27-4-2-15(3-5-27)26-19-16-8-17(21)28-20(16)25-11-24-19/h6-8,11,15H,2-5,10H2,1H3,(H,24,25,26)/i2D2,3D2,4D2,5D2,6D,7D,8D,10D2,15D/hD. The number of nitrogens with one attached hydrogen (secondary N) is 1. The molecule has 2 aromatic heterocycles. The maximum atomic E-state index is 14.6. The first-order chi connectivity index (χ1) is 19.4. The normalized spacial score (nSPS) is 32.3. The molecule has 0 aliphatic carbocycles. The van der Waals surface area contributed by atoms with E-state index >= 15 is 0 Å². The molecule has 1 aromatic carbocycles. The highest BCUT2D eigenvalue weighted by Gasteiger charge is 2.21. The number of thiophene rings is 1. The molecule has 0 radical (unpaired) electrons. The minimum Gasteiger partial charge on any atom is -0.367 e. The van der Waals surface area contributed by atoms with E-state index in [2.05, 4.69) is 9.97 Å². The molecule has 0 saturated carbocycles. The topological polar surface area (TPSA) is 64.8 Å². The van der Waals surface area contributed by atoms with Crippen LogP contribution in [0.15, 0.2) is 24.5 Å². The summed E-state index contributed by atoms with van der Waals surface area (Å²) in [5.41, 5.74) is -3.00. The van der Waals surface area contributed by atoms with Crippen LogP contribution in [-0.2, 0) is 6.50 Å². The highest BCUT2D eigenvalue weighted by Crippen LogP contribution is 2.32. The highest BCUT2D eigenvalue weighted by molar-refractivity contribution is 7.22. The van der Waals surface area contributed by atoms with E-state index in [9.17, 15) is 9.65 Å². The number of nitrogens with zero attached hydrogens (tertiary/aromatic N) is 4. The molecule has 144 valence electrons. The van der Waals surface area contributed by atoms with Gasteiger partial charge in [0.25, 0.3) is 0 Å². The van der Waals surface area contributed by atoms with Crippen LogP contribution < -0.4 is 5.31 Å². The van der Waals surface area contributed by atoms with Crippen molar-refractivity contribution in [2.75, 3.05) is 18.3 Å². The third kappa shape index (κ3) is 3.95. The zero-order valence-electron chi connectivity index (χ0n) is 29.0. The van der Waals surface area contributed by atoms with E-state index in [1.165, 1.54) is 6.07 Å². The van der Waals surface area contributed by atoms with E-state index in [1.807, 2.05) is 0 Å². The fourth-order valence-corrected chi connectivity index (χ4v) is 3.20. The van der Waals surface area contributed by atoms with Crippen molar-refractivity contribution in [2.24, 2.45) is 0 Å². The molecule has 5 nitrogen and oxygen atoms in total. The molecule has 0 amide bonds. The molecule has 4 rings (SSSR count). The van der Waals surface area contributed by atoms with E-state index in [0.29, 0.717) is 0 Å². The molecule has 3 heterocycles. The van der Waals surface area contributed by atoms with Gasteiger partial charge in [0.1, 0.15) is 28.9 Å². The number of benzene rings is 1. The first-order valence-electron chi connectivity index (χ1n) is 15.0. The zero-order chi connectivity index (χ0) is 33.0. The lowest BCUT2D eigenvalue weighted by molar-refractivity contribution is 0.211. The van der Waals surface area contributed by atoms with Crippen LogP contribution in [0, 0.1) is 24.1 Å². The van der Waals surface area contributed by atoms with Crippen molar-refractivity contribution >= 4 is 39.0 Å². The second-order valence-corrected chi connectivity index (χ2v) is 6.91. The summed E-state index contributed by atoms with van der Waals surface area (Å²) in [7, 11) is 0. The first-order valence-corrected chi connectivity index (χ1v) is 8.79. The van der Waals surface area contributed by atoms with Gasteiger partial charge in [-0.05, 0) is 42.9 Å². The van der Waals surface area contributed by atoms with Gasteiger partial charge in [-0.3, -0.25) is 4.90 Å². The molecule has 0 spiro atoms. The Bertz CT molecular complexity index is 1680. The minimum atomic E-state index is -4.08. The van der Waals surface area contributed by atoms with Crippen LogP contribution in [0.1, 0.15) is 48.6 Å². The van der Waals surface area contributed by atoms with E-state index in [1.54, 1.807) is 0 Å². The Hall–Kier alpha value is -2.27. The summed E-state index contributed by atoms with van der Waals surface area (Å²) in [5, 5.41) is 8.78. The summed E-state index contributed by atoms with van der Waals surface area (Å²) in [5.74, 6) is -2.15. The van der Waals surface area contributed by atoms with E-state index in [-0.39, 0.29) is 19.9 Å². The van der Waals surface area contributed by atoms with Crippen molar-refractivity contribution in [2.45, 2.75) is 32.2 Å². The third-order valence-corrected chi connectivity index (χ3v) is 4.55. The van der Waals surface area contributed by atoms with Crippen molar-refractivity contribution in [3.63, 3.8) is 0 Å². The Morgan fingerprint density at radius 1 is 1.54 bits per heavy atom. The molecule has 1 aliphatic heterocycles. The minimum absolute atomic E-state index is 0.0345. The van der Waals surface area contributed by atoms with Gasteiger partial charge in [0, 0.05) is 39.2 Å². The Kier molecular flexibility index (Phi) is 2.35. The molecule has 1 N–H and O–H groups in total. The second-order valence-electron chi connectivity index (χ2n) is 5.31. The van der Waals surface area contributed by atoms with Crippen LogP contribution in [0.4, 0.5) is 10.2 Å². The van der Waals surface area contributed by atoms with Gasteiger partial charge in [0.2, 0.25) is 0 Å². The van der Waals surface area contributed by atoms with Crippen LogP contribution in [0.5, 0.6) is 0 Å². The Labute approximate surface area is 192 Å². The largest absolute Gasteiger partial charge is 0.367 e. The number of aromatic nitrogens is 2. The maximum Gasteiger partial charge on any atom is 0.162 e. The van der Waals surface area contributed by atoms with E-state index in [0.717, 1.165) is 24.6 Å². The van der Waals surface area contributed by atoms with Crippen LogP contribution >= 0.6 is 22.9 Å². The zero-order valence-corrected chi connectivity index (χ0v) is 15.6. The number of rotatable bonds is 4. The van der Waals surface area contributed by atoms with E-state index in [4.69, 9.17) is 32.2 Å². The molecule has 1 saturated heterocycles. The van der Waals surface area contributed by atoms with Crippen LogP contribution in [-0.4, -0.2) is 33.9 Å². The smallest absolute Gasteiger partial charge is 0.162 e. The summed E-state index contributed by atoms with van der Waals surface area (Å²) in [6.45, 7) is -11.1. The number of hydrogen-bond donors (Lipinski definition) is 1. The number of piperidine rings is 1. The molecule has 3 aromatic rings. The molecule has 0 unspecified atom stereocenters. The summed E-state index contributed by atoms with van der Waals surface area (Å²) in [6, 6.07) is -5.47. The molecular weight excluding hydrogens is 397 g/mol. The summed E-state index contributed by atoms with van der Waals surface area (Å²) < 4.78 is 144. The molecule has 1 fully saturated rings. The van der Waals surface area contributed by atoms with Gasteiger partial charge < -0.3 is 5.31 Å². The molecular formula is C20H19ClFN5S. The van der Waals surface area contributed by atoms with Crippen molar-refractivity contribution in [3.8, 4) is 6.07 Å². The van der Waals surface area contributed by atoms with Crippen LogP contribution in [0.25, 0.3) is 10.2 Å². The molecule has 8 heteroatoms. The Balaban J connectivity index is 2.05. The lowest BCUT2D eigenvalue weighted by Crippen LogP contribution is -2.38. The lowest BCUT2D eigenvalue weighted by atomic mass is 10.0. The van der Waals surface area contributed by atoms with Gasteiger partial charge >= 0.3 is 0 Å². The van der Waals surface area contributed by atoms with Crippen LogP contribution in [0.3, 0.4) is 0 Å². The number of nitriles is 1. The fourth-order valence-electron chi connectivity index (χ4n) is 2.22. The van der Waals surface area contributed by atoms with E-state index < -0.39 is 89.6 Å². The van der Waals surface area contributed by atoms with Gasteiger partial charge in [-0.1, -0.05) is 17.6 Å². The first kappa shape index (κ1) is 8.23. The number of hydrogen-bond acceptors (Lipinski definition) is 6. The number of fused-ring (bicyclic) bond motifs is 1. The van der Waals surface area contributed by atoms with Gasteiger partial charge in [0.15, 0.2) is 1.41 Å². The average molecular weight is 431 g/mol. The maximum absolute atomic E-state index is 14.6. The van der Waals surface area contributed by atoms with Crippen molar-refractivity contribution < 1.29 is 25.0 Å². The van der Waals surface area contributed by atoms with Crippen molar-refractivity contribution in [1.82, 2.24) is 14.9 Å². The molecule has 0 bridgehead atoms. The highest BCUT2D eigenvalue weighted by atomic mass is 35.5. The quantitative estimate of drug-likeness (QED) is 0.647. The molecule has 28 heavy (non-hydrogen) atoms. The van der Waals surface area contributed by atoms with Gasteiger partial charge in [-0.25, -0.2) is 14.4 Å². The number of halogens is 2. The monoisotopic (exact) mass is 430 g/mol. The fraction of sp³-hybridized carbons (Fsp3) is 0.350. The van der Waals surface area contributed by atoms with Gasteiger partial charge in [-0.15, -0.1) is 11.3 Å². The SMILES string of the molecule is [2H]c1c(C)c(F)c(C#N)c([2H])c1C([2H])([2H])N1C([2H])([2H])C([2H])([2H])C([2H])(N([2H])c2ncnc3sc(Cl)c([2H])c23)C([2H])([2H])C1([2H])[2H].